The highest BCUT2D eigenvalue weighted by Crippen LogP contribution is 1.98. The van der Waals surface area contributed by atoms with Crippen LogP contribution >= 0.6 is 0 Å². The van der Waals surface area contributed by atoms with Crippen molar-refractivity contribution in [3.05, 3.63) is 0 Å². The van der Waals surface area contributed by atoms with Crippen LogP contribution in [0.5, 0.6) is 0 Å². The van der Waals surface area contributed by atoms with Crippen LogP contribution in [0.3, 0.4) is 0 Å². The molecule has 11 heavy (non-hydrogen) atoms. The van der Waals surface area contributed by atoms with Gasteiger partial charge in [0.25, 0.3) is 0 Å². The first-order chi connectivity index (χ1) is 5.07. The molecule has 0 fully saturated rings. The zero-order chi connectivity index (χ0) is 8.85. The van der Waals surface area contributed by atoms with Gasteiger partial charge in [0.05, 0.1) is 6.04 Å². The second-order valence-corrected chi connectivity index (χ2v) is 2.65. The Labute approximate surface area is 67.0 Å². The summed E-state index contributed by atoms with van der Waals surface area (Å²) < 4.78 is 0. The molecular weight excluding hydrogens is 142 g/mol. The standard InChI is InChI=1S/C8H15NO2/c1-3-7(11)4-5-8(9)6(2)10/h8H,3-5,9H2,1-2H3. The van der Waals surface area contributed by atoms with Gasteiger partial charge in [0.2, 0.25) is 0 Å². The zero-order valence-corrected chi connectivity index (χ0v) is 7.09. The van der Waals surface area contributed by atoms with E-state index in [9.17, 15) is 9.59 Å². The molecule has 0 bridgehead atoms. The molecule has 2 N–H and O–H groups in total. The lowest BCUT2D eigenvalue weighted by Crippen LogP contribution is -2.28. The fourth-order valence-electron chi connectivity index (χ4n) is 0.697. The molecule has 0 radical (unpaired) electrons. The molecule has 3 nitrogen and oxygen atoms in total. The van der Waals surface area contributed by atoms with Gasteiger partial charge in [-0.1, -0.05) is 6.92 Å². The van der Waals surface area contributed by atoms with E-state index in [4.69, 9.17) is 5.73 Å². The third-order valence-electron chi connectivity index (χ3n) is 1.65. The SMILES string of the molecule is CCC(=O)CCC(N)C(C)=O. The van der Waals surface area contributed by atoms with Crippen LogP contribution in [0.15, 0.2) is 0 Å². The summed E-state index contributed by atoms with van der Waals surface area (Å²) >= 11 is 0. The van der Waals surface area contributed by atoms with Gasteiger partial charge >= 0.3 is 0 Å². The maximum Gasteiger partial charge on any atom is 0.146 e. The third kappa shape index (κ3) is 4.67. The lowest BCUT2D eigenvalue weighted by molar-refractivity contribution is -0.120. The average molecular weight is 157 g/mol. The molecule has 0 rings (SSSR count). The molecule has 0 saturated heterocycles. The van der Waals surface area contributed by atoms with Gasteiger partial charge in [-0.05, 0) is 13.3 Å². The fourth-order valence-corrected chi connectivity index (χ4v) is 0.697. The van der Waals surface area contributed by atoms with Crippen molar-refractivity contribution in [2.24, 2.45) is 5.73 Å². The van der Waals surface area contributed by atoms with Crippen LogP contribution in [0.25, 0.3) is 0 Å². The second-order valence-electron chi connectivity index (χ2n) is 2.65. The Morgan fingerprint density at radius 3 is 2.36 bits per heavy atom. The Morgan fingerprint density at radius 2 is 2.00 bits per heavy atom. The van der Waals surface area contributed by atoms with Gasteiger partial charge in [0, 0.05) is 12.8 Å². The molecule has 0 amide bonds. The summed E-state index contributed by atoms with van der Waals surface area (Å²) in [6, 6.07) is -0.453. The highest BCUT2D eigenvalue weighted by Gasteiger charge is 2.09. The van der Waals surface area contributed by atoms with E-state index < -0.39 is 6.04 Å². The van der Waals surface area contributed by atoms with Crippen molar-refractivity contribution >= 4 is 11.6 Å². The van der Waals surface area contributed by atoms with Crippen LogP contribution in [0.1, 0.15) is 33.1 Å². The molecule has 0 aromatic heterocycles. The van der Waals surface area contributed by atoms with E-state index in [0.717, 1.165) is 0 Å². The monoisotopic (exact) mass is 157 g/mol. The fraction of sp³-hybridized carbons (Fsp3) is 0.750. The quantitative estimate of drug-likeness (QED) is 0.637. The summed E-state index contributed by atoms with van der Waals surface area (Å²) in [5.74, 6) is 0.121. The van der Waals surface area contributed by atoms with E-state index in [-0.39, 0.29) is 11.6 Å². The molecule has 0 spiro atoms. The van der Waals surface area contributed by atoms with Crippen LogP contribution in [0, 0.1) is 0 Å². The molecule has 64 valence electrons. The summed E-state index contributed by atoms with van der Waals surface area (Å²) in [7, 11) is 0. The minimum Gasteiger partial charge on any atom is -0.322 e. The maximum atomic E-state index is 10.8. The Balaban J connectivity index is 3.54. The van der Waals surface area contributed by atoms with Crippen LogP contribution in [0.4, 0.5) is 0 Å². The Bertz CT molecular complexity index is 154. The molecule has 0 aliphatic carbocycles. The lowest BCUT2D eigenvalue weighted by atomic mass is 10.1. The van der Waals surface area contributed by atoms with Crippen molar-refractivity contribution in [2.45, 2.75) is 39.2 Å². The van der Waals surface area contributed by atoms with Crippen molar-refractivity contribution < 1.29 is 9.59 Å². The van der Waals surface area contributed by atoms with Gasteiger partial charge in [-0.15, -0.1) is 0 Å². The Morgan fingerprint density at radius 1 is 1.45 bits per heavy atom. The number of carbonyl (C=O) groups excluding carboxylic acids is 2. The van der Waals surface area contributed by atoms with E-state index in [1.165, 1.54) is 6.92 Å². The predicted molar refractivity (Wildman–Crippen MR) is 43.2 cm³/mol. The molecule has 1 unspecified atom stereocenters. The number of hydrogen-bond acceptors (Lipinski definition) is 3. The smallest absolute Gasteiger partial charge is 0.146 e. The molecule has 0 heterocycles. The van der Waals surface area contributed by atoms with E-state index >= 15 is 0 Å². The van der Waals surface area contributed by atoms with Gasteiger partial charge in [-0.25, -0.2) is 0 Å². The number of Topliss-reactive ketones (excluding diaryl/α,β-unsaturated/α-hetero) is 2. The van der Waals surface area contributed by atoms with Crippen LogP contribution in [-0.4, -0.2) is 17.6 Å². The molecule has 0 saturated carbocycles. The summed E-state index contributed by atoms with van der Waals surface area (Å²) in [6.07, 6.45) is 1.45. The van der Waals surface area contributed by atoms with Crippen molar-refractivity contribution in [1.82, 2.24) is 0 Å². The summed E-state index contributed by atoms with van der Waals surface area (Å²) in [5, 5.41) is 0. The first kappa shape index (κ1) is 10.3. The number of ketones is 2. The first-order valence-electron chi connectivity index (χ1n) is 3.85. The van der Waals surface area contributed by atoms with Crippen LogP contribution < -0.4 is 5.73 Å². The van der Waals surface area contributed by atoms with Gasteiger partial charge in [-0.3, -0.25) is 9.59 Å². The number of rotatable bonds is 5. The van der Waals surface area contributed by atoms with Crippen molar-refractivity contribution in [3.8, 4) is 0 Å². The van der Waals surface area contributed by atoms with E-state index in [1.807, 2.05) is 6.92 Å². The normalized spacial score (nSPS) is 12.6. The van der Waals surface area contributed by atoms with E-state index in [2.05, 4.69) is 0 Å². The molecule has 1 atom stereocenters. The number of nitrogens with two attached hydrogens (primary N) is 1. The average Bonchev–Trinajstić information content (AvgIpc) is 1.99. The third-order valence-corrected chi connectivity index (χ3v) is 1.65. The molecule has 0 aliphatic rings. The topological polar surface area (TPSA) is 60.2 Å². The minimum atomic E-state index is -0.453. The molecule has 0 aliphatic heterocycles. The van der Waals surface area contributed by atoms with Gasteiger partial charge in [0.15, 0.2) is 0 Å². The summed E-state index contributed by atoms with van der Waals surface area (Å²) in [5.41, 5.74) is 5.42. The highest BCUT2D eigenvalue weighted by atomic mass is 16.1. The predicted octanol–water partition coefficient (Wildman–Crippen LogP) is 0.662. The molecular formula is C8H15NO2. The van der Waals surface area contributed by atoms with E-state index in [0.29, 0.717) is 19.3 Å². The summed E-state index contributed by atoms with van der Waals surface area (Å²) in [6.45, 7) is 3.25. The Hall–Kier alpha value is -0.700. The van der Waals surface area contributed by atoms with Gasteiger partial charge in [-0.2, -0.15) is 0 Å². The summed E-state index contributed by atoms with van der Waals surface area (Å²) in [4.78, 5) is 21.4. The van der Waals surface area contributed by atoms with Crippen LogP contribution in [0.2, 0.25) is 0 Å². The van der Waals surface area contributed by atoms with Crippen molar-refractivity contribution in [3.63, 3.8) is 0 Å². The first-order valence-corrected chi connectivity index (χ1v) is 3.85. The van der Waals surface area contributed by atoms with Gasteiger partial charge < -0.3 is 5.73 Å². The molecule has 3 heteroatoms. The second kappa shape index (κ2) is 5.02. The van der Waals surface area contributed by atoms with Crippen molar-refractivity contribution in [2.75, 3.05) is 0 Å². The van der Waals surface area contributed by atoms with Crippen LogP contribution in [-0.2, 0) is 9.59 Å². The molecule has 0 aromatic carbocycles. The molecule has 0 aromatic rings. The number of hydrogen-bond donors (Lipinski definition) is 1. The van der Waals surface area contributed by atoms with E-state index in [1.54, 1.807) is 0 Å². The minimum absolute atomic E-state index is 0.0473. The van der Waals surface area contributed by atoms with Gasteiger partial charge in [0.1, 0.15) is 11.6 Å². The number of carbonyl (C=O) groups is 2. The zero-order valence-electron chi connectivity index (χ0n) is 7.09. The largest absolute Gasteiger partial charge is 0.322 e. The lowest BCUT2D eigenvalue weighted by Gasteiger charge is -2.04. The van der Waals surface area contributed by atoms with Crippen molar-refractivity contribution in [1.29, 1.82) is 0 Å². The maximum absolute atomic E-state index is 10.8. The highest BCUT2D eigenvalue weighted by molar-refractivity contribution is 5.83. The Kier molecular flexibility index (Phi) is 4.70.